The number of carbonyl (C=O) groups excluding carboxylic acids is 2. The van der Waals surface area contributed by atoms with Gasteiger partial charge in [-0.1, -0.05) is 238 Å². The normalized spacial score (nSPS) is 12.7. The van der Waals surface area contributed by atoms with Crippen LogP contribution in [0.2, 0.25) is 0 Å². The second-order valence-electron chi connectivity index (χ2n) is 17.9. The maximum absolute atomic E-state index is 12.4. The van der Waals surface area contributed by atoms with Gasteiger partial charge >= 0.3 is 5.97 Å². The van der Waals surface area contributed by atoms with E-state index in [4.69, 9.17) is 4.74 Å². The van der Waals surface area contributed by atoms with E-state index in [-0.39, 0.29) is 18.5 Å². The van der Waals surface area contributed by atoms with E-state index in [0.717, 1.165) is 70.6 Å². The SMILES string of the molecule is CCCCCCCCCCCCCCCCCCCCC(=O)OCCCCCC/C=C\CCCC(=O)NC(CO)C(O)CCCCCCCCCCCCCCCC. The van der Waals surface area contributed by atoms with Crippen LogP contribution in [0.3, 0.4) is 0 Å². The highest BCUT2D eigenvalue weighted by molar-refractivity contribution is 5.76. The van der Waals surface area contributed by atoms with Crippen molar-refractivity contribution in [3.8, 4) is 0 Å². The maximum Gasteiger partial charge on any atom is 0.305 e. The molecule has 0 spiro atoms. The van der Waals surface area contributed by atoms with E-state index in [1.165, 1.54) is 180 Å². The van der Waals surface area contributed by atoms with Crippen LogP contribution in [0.15, 0.2) is 12.2 Å². The zero-order valence-electron chi connectivity index (χ0n) is 39.0. The van der Waals surface area contributed by atoms with Crippen LogP contribution < -0.4 is 5.32 Å². The van der Waals surface area contributed by atoms with Gasteiger partial charge < -0.3 is 20.3 Å². The summed E-state index contributed by atoms with van der Waals surface area (Å²) in [7, 11) is 0. The molecule has 0 heterocycles. The highest BCUT2D eigenvalue weighted by Crippen LogP contribution is 2.17. The Morgan fingerprint density at radius 1 is 0.466 bits per heavy atom. The van der Waals surface area contributed by atoms with Crippen molar-refractivity contribution in [1.29, 1.82) is 0 Å². The second kappa shape index (κ2) is 48.3. The van der Waals surface area contributed by atoms with Gasteiger partial charge in [-0.2, -0.15) is 0 Å². The molecule has 0 rings (SSSR count). The van der Waals surface area contributed by atoms with Gasteiger partial charge in [0.05, 0.1) is 25.4 Å². The molecule has 0 aromatic rings. The lowest BCUT2D eigenvalue weighted by Gasteiger charge is -2.22. The van der Waals surface area contributed by atoms with Gasteiger partial charge in [-0.05, 0) is 44.9 Å². The molecule has 6 heteroatoms. The molecular weight excluding hydrogens is 719 g/mol. The molecule has 0 aliphatic heterocycles. The van der Waals surface area contributed by atoms with Crippen LogP contribution in [0.1, 0.15) is 284 Å². The lowest BCUT2D eigenvalue weighted by Crippen LogP contribution is -2.45. The van der Waals surface area contributed by atoms with E-state index in [9.17, 15) is 19.8 Å². The standard InChI is InChI=1S/C52H101NO5/c1-3-5-7-9-11-13-15-17-19-20-21-22-24-26-30-34-38-42-46-52(57)58-47-43-39-35-31-27-29-33-37-41-45-51(56)53-49(48-54)50(55)44-40-36-32-28-25-23-18-16-14-12-10-8-6-4-2/h29,33,49-50,54-55H,3-28,30-32,34-48H2,1-2H3,(H,53,56)/b33-29-. The number of esters is 1. The van der Waals surface area contributed by atoms with Crippen molar-refractivity contribution in [2.45, 2.75) is 296 Å². The van der Waals surface area contributed by atoms with Crippen LogP contribution in [-0.2, 0) is 14.3 Å². The van der Waals surface area contributed by atoms with E-state index in [0.29, 0.717) is 25.9 Å². The summed E-state index contributed by atoms with van der Waals surface area (Å²) in [5.41, 5.74) is 0. The van der Waals surface area contributed by atoms with Crippen LogP contribution in [0.4, 0.5) is 0 Å². The fourth-order valence-electron chi connectivity index (χ4n) is 8.05. The van der Waals surface area contributed by atoms with Gasteiger partial charge in [-0.3, -0.25) is 9.59 Å². The molecule has 58 heavy (non-hydrogen) atoms. The topological polar surface area (TPSA) is 95.9 Å². The highest BCUT2D eigenvalue weighted by atomic mass is 16.5. The van der Waals surface area contributed by atoms with Crippen molar-refractivity contribution in [2.75, 3.05) is 13.2 Å². The van der Waals surface area contributed by atoms with Crippen molar-refractivity contribution < 1.29 is 24.5 Å². The molecule has 2 atom stereocenters. The van der Waals surface area contributed by atoms with Crippen molar-refractivity contribution in [3.05, 3.63) is 12.2 Å². The first-order valence-corrected chi connectivity index (χ1v) is 25.9. The van der Waals surface area contributed by atoms with Gasteiger partial charge in [0.1, 0.15) is 0 Å². The third-order valence-electron chi connectivity index (χ3n) is 12.1. The Kier molecular flexibility index (Phi) is 47.1. The average Bonchev–Trinajstić information content (AvgIpc) is 3.22. The maximum atomic E-state index is 12.4. The number of unbranched alkanes of at least 4 members (excludes halogenated alkanes) is 35. The molecule has 0 radical (unpaired) electrons. The number of nitrogens with one attached hydrogen (secondary N) is 1. The monoisotopic (exact) mass is 820 g/mol. The van der Waals surface area contributed by atoms with E-state index >= 15 is 0 Å². The highest BCUT2D eigenvalue weighted by Gasteiger charge is 2.20. The largest absolute Gasteiger partial charge is 0.466 e. The third-order valence-corrected chi connectivity index (χ3v) is 12.1. The number of aliphatic hydroxyl groups excluding tert-OH is 2. The summed E-state index contributed by atoms with van der Waals surface area (Å²) in [5.74, 6) is -0.125. The minimum atomic E-state index is -0.693. The summed E-state index contributed by atoms with van der Waals surface area (Å²) < 4.78 is 5.45. The number of ether oxygens (including phenoxy) is 1. The van der Waals surface area contributed by atoms with Gasteiger partial charge in [-0.15, -0.1) is 0 Å². The summed E-state index contributed by atoms with van der Waals surface area (Å²) in [6, 6.07) is -0.577. The predicted molar refractivity (Wildman–Crippen MR) is 250 cm³/mol. The molecule has 0 saturated carbocycles. The summed E-state index contributed by atoms with van der Waals surface area (Å²) in [5, 5.41) is 23.1. The van der Waals surface area contributed by atoms with Gasteiger partial charge in [0.25, 0.3) is 0 Å². The molecular formula is C52H101NO5. The Hall–Kier alpha value is -1.40. The van der Waals surface area contributed by atoms with Crippen molar-refractivity contribution in [1.82, 2.24) is 5.32 Å². The summed E-state index contributed by atoms with van der Waals surface area (Å²) in [6.45, 7) is 4.87. The molecule has 1 amide bonds. The third kappa shape index (κ3) is 44.2. The average molecular weight is 820 g/mol. The van der Waals surface area contributed by atoms with E-state index in [1.54, 1.807) is 0 Å². The first-order valence-electron chi connectivity index (χ1n) is 25.9. The quantitative estimate of drug-likeness (QED) is 0.0323. The first-order chi connectivity index (χ1) is 28.5. The number of hydrogen-bond acceptors (Lipinski definition) is 5. The molecule has 2 unspecified atom stereocenters. The van der Waals surface area contributed by atoms with Crippen LogP contribution in [0.25, 0.3) is 0 Å². The molecule has 344 valence electrons. The van der Waals surface area contributed by atoms with Crippen molar-refractivity contribution in [2.24, 2.45) is 0 Å². The number of hydrogen-bond donors (Lipinski definition) is 3. The van der Waals surface area contributed by atoms with Crippen LogP contribution in [0.5, 0.6) is 0 Å². The zero-order chi connectivity index (χ0) is 42.3. The lowest BCUT2D eigenvalue weighted by molar-refractivity contribution is -0.143. The first kappa shape index (κ1) is 56.6. The summed E-state index contributed by atoms with van der Waals surface area (Å²) in [6.07, 6.45) is 54.8. The Labute approximate surface area is 361 Å². The molecule has 0 fully saturated rings. The Balaban J connectivity index is 3.50. The lowest BCUT2D eigenvalue weighted by atomic mass is 10.0. The fraction of sp³-hybridized carbons (Fsp3) is 0.923. The Bertz CT molecular complexity index is 863. The molecule has 0 saturated heterocycles. The minimum Gasteiger partial charge on any atom is -0.466 e. The molecule has 0 aliphatic carbocycles. The summed E-state index contributed by atoms with van der Waals surface area (Å²) >= 11 is 0. The van der Waals surface area contributed by atoms with Crippen LogP contribution in [-0.4, -0.2) is 47.4 Å². The number of carbonyl (C=O) groups is 2. The van der Waals surface area contributed by atoms with Crippen molar-refractivity contribution >= 4 is 11.9 Å². The number of aliphatic hydroxyl groups is 2. The van der Waals surface area contributed by atoms with E-state index < -0.39 is 12.1 Å². The van der Waals surface area contributed by atoms with Crippen LogP contribution >= 0.6 is 0 Å². The van der Waals surface area contributed by atoms with E-state index in [1.807, 2.05) is 0 Å². The van der Waals surface area contributed by atoms with Gasteiger partial charge in [0.2, 0.25) is 5.91 Å². The molecule has 0 aromatic heterocycles. The van der Waals surface area contributed by atoms with Gasteiger partial charge in [0.15, 0.2) is 0 Å². The summed E-state index contributed by atoms with van der Waals surface area (Å²) in [4.78, 5) is 24.5. The van der Waals surface area contributed by atoms with Crippen molar-refractivity contribution in [3.63, 3.8) is 0 Å². The molecule has 0 bridgehead atoms. The molecule has 0 aliphatic rings. The molecule has 3 N–H and O–H groups in total. The minimum absolute atomic E-state index is 0.0311. The van der Waals surface area contributed by atoms with Crippen LogP contribution in [0, 0.1) is 0 Å². The van der Waals surface area contributed by atoms with Gasteiger partial charge in [-0.25, -0.2) is 0 Å². The molecule has 0 aromatic carbocycles. The van der Waals surface area contributed by atoms with E-state index in [2.05, 4.69) is 31.3 Å². The Morgan fingerprint density at radius 3 is 1.26 bits per heavy atom. The molecule has 6 nitrogen and oxygen atoms in total. The fourth-order valence-corrected chi connectivity index (χ4v) is 8.05. The van der Waals surface area contributed by atoms with Gasteiger partial charge in [0, 0.05) is 12.8 Å². The second-order valence-corrected chi connectivity index (χ2v) is 17.9. The number of rotatable bonds is 48. The number of allylic oxidation sites excluding steroid dienone is 2. The predicted octanol–water partition coefficient (Wildman–Crippen LogP) is 15.3. The Morgan fingerprint density at radius 2 is 0.828 bits per heavy atom. The number of amides is 1. The smallest absolute Gasteiger partial charge is 0.305 e. The zero-order valence-corrected chi connectivity index (χ0v) is 39.0.